The van der Waals surface area contributed by atoms with Gasteiger partial charge in [-0.2, -0.15) is 0 Å². The van der Waals surface area contributed by atoms with Crippen LogP contribution in [0.15, 0.2) is 36.4 Å². The number of aryl methyl sites for hydroxylation is 2. The van der Waals surface area contributed by atoms with E-state index in [0.717, 1.165) is 21.9 Å². The smallest absolute Gasteiger partial charge is 0.550 e. The summed E-state index contributed by atoms with van der Waals surface area (Å²) < 4.78 is 0. The second-order valence-electron chi connectivity index (χ2n) is 4.67. The van der Waals surface area contributed by atoms with E-state index >= 15 is 0 Å². The van der Waals surface area contributed by atoms with E-state index in [1.54, 1.807) is 0 Å². The number of carboxylic acids is 2. The van der Waals surface area contributed by atoms with Crippen molar-refractivity contribution >= 4 is 22.7 Å². The summed E-state index contributed by atoms with van der Waals surface area (Å²) in [5, 5.41) is 23.1. The number of benzene rings is 2. The van der Waals surface area contributed by atoms with Crippen LogP contribution < -0.4 is 69.3 Å². The first-order chi connectivity index (χ1) is 9.58. The molecule has 0 aliphatic carbocycles. The van der Waals surface area contributed by atoms with Gasteiger partial charge in [-0.3, -0.25) is 0 Å². The standard InChI is InChI=1S/C16H16O4.2Na/c17-15(18)9-7-11-5-6-12(8-10-16(19)20)14-4-2-1-3-13(11)14;;/h1-6H,7-10H2,(H,17,18)(H,19,20);;/q;2*+1/p-2. The van der Waals surface area contributed by atoms with Gasteiger partial charge in [-0.25, -0.2) is 0 Å². The SMILES string of the molecule is O=C([O-])CCc1ccc(CCC(=O)[O-])c2ccccc12.[Na+].[Na+]. The van der Waals surface area contributed by atoms with Crippen molar-refractivity contribution in [3.8, 4) is 0 Å². The molecule has 104 valence electrons. The molecule has 0 bridgehead atoms. The molecule has 0 aromatic heterocycles. The van der Waals surface area contributed by atoms with Gasteiger partial charge in [0.2, 0.25) is 0 Å². The van der Waals surface area contributed by atoms with E-state index in [-0.39, 0.29) is 72.0 Å². The number of carboxylic acid groups (broad SMARTS) is 2. The zero-order chi connectivity index (χ0) is 14.5. The normalized spacial score (nSPS) is 9.64. The quantitative estimate of drug-likeness (QED) is 0.497. The Kier molecular flexibility index (Phi) is 10.3. The zero-order valence-electron chi connectivity index (χ0n) is 12.9. The first-order valence-electron chi connectivity index (χ1n) is 6.47. The fourth-order valence-corrected chi connectivity index (χ4v) is 2.33. The number of hydrogen-bond donors (Lipinski definition) is 0. The molecule has 0 atom stereocenters. The summed E-state index contributed by atoms with van der Waals surface area (Å²) in [4.78, 5) is 21.1. The maximum Gasteiger partial charge on any atom is 1.00 e. The minimum absolute atomic E-state index is 0. The number of aliphatic carboxylic acids is 2. The molecular weight excluding hydrogens is 302 g/mol. The van der Waals surface area contributed by atoms with Crippen LogP contribution in [0.3, 0.4) is 0 Å². The molecule has 0 amide bonds. The summed E-state index contributed by atoms with van der Waals surface area (Å²) in [5.41, 5.74) is 1.86. The average Bonchev–Trinajstić information content (AvgIpc) is 2.43. The Morgan fingerprint density at radius 3 is 1.41 bits per heavy atom. The third-order valence-corrected chi connectivity index (χ3v) is 3.30. The Bertz CT molecular complexity index is 599. The molecular formula is C16H14Na2O4. The van der Waals surface area contributed by atoms with Gasteiger partial charge in [-0.1, -0.05) is 36.4 Å². The molecule has 0 spiro atoms. The van der Waals surface area contributed by atoms with Crippen molar-refractivity contribution in [2.45, 2.75) is 25.7 Å². The second-order valence-corrected chi connectivity index (χ2v) is 4.67. The topological polar surface area (TPSA) is 80.3 Å². The third-order valence-electron chi connectivity index (χ3n) is 3.30. The van der Waals surface area contributed by atoms with Gasteiger partial charge in [0, 0.05) is 11.9 Å². The molecule has 6 heteroatoms. The maximum absolute atomic E-state index is 10.6. The second kappa shape index (κ2) is 10.4. The number of carbonyl (C=O) groups is 2. The van der Waals surface area contributed by atoms with Crippen LogP contribution in [0.1, 0.15) is 24.0 Å². The fraction of sp³-hybridized carbons (Fsp3) is 0.250. The van der Waals surface area contributed by atoms with Crippen LogP contribution >= 0.6 is 0 Å². The maximum atomic E-state index is 10.6. The predicted octanol–water partition coefficient (Wildman–Crippen LogP) is -5.79. The number of rotatable bonds is 6. The Balaban J connectivity index is 0.00000220. The first kappa shape index (κ1) is 21.6. The molecule has 0 heterocycles. The van der Waals surface area contributed by atoms with Crippen LogP contribution in [0, 0.1) is 0 Å². The van der Waals surface area contributed by atoms with Gasteiger partial charge >= 0.3 is 59.1 Å². The molecule has 0 fully saturated rings. The Hall–Kier alpha value is -0.360. The molecule has 0 saturated carbocycles. The molecule has 4 nitrogen and oxygen atoms in total. The van der Waals surface area contributed by atoms with Crippen molar-refractivity contribution in [2.75, 3.05) is 0 Å². The molecule has 0 saturated heterocycles. The van der Waals surface area contributed by atoms with Crippen LogP contribution in [-0.4, -0.2) is 11.9 Å². The summed E-state index contributed by atoms with van der Waals surface area (Å²) in [6.07, 6.45) is 0.762. The molecule has 0 aliphatic rings. The number of hydrogen-bond acceptors (Lipinski definition) is 4. The monoisotopic (exact) mass is 316 g/mol. The van der Waals surface area contributed by atoms with Gasteiger partial charge in [0.1, 0.15) is 0 Å². The third kappa shape index (κ3) is 6.03. The Labute approximate surface area is 173 Å². The van der Waals surface area contributed by atoms with Crippen LogP contribution in [0.4, 0.5) is 0 Å². The van der Waals surface area contributed by atoms with Crippen molar-refractivity contribution in [3.05, 3.63) is 47.5 Å². The van der Waals surface area contributed by atoms with Crippen molar-refractivity contribution in [3.63, 3.8) is 0 Å². The van der Waals surface area contributed by atoms with Gasteiger partial charge in [0.15, 0.2) is 0 Å². The van der Waals surface area contributed by atoms with Gasteiger partial charge in [-0.05, 0) is 47.6 Å². The minimum Gasteiger partial charge on any atom is -0.550 e. The largest absolute Gasteiger partial charge is 1.00 e. The van der Waals surface area contributed by atoms with Crippen LogP contribution in [0.5, 0.6) is 0 Å². The Morgan fingerprint density at radius 1 is 0.727 bits per heavy atom. The van der Waals surface area contributed by atoms with E-state index in [1.165, 1.54) is 0 Å². The van der Waals surface area contributed by atoms with E-state index in [0.29, 0.717) is 12.8 Å². The van der Waals surface area contributed by atoms with Gasteiger partial charge in [0.25, 0.3) is 0 Å². The van der Waals surface area contributed by atoms with Gasteiger partial charge in [-0.15, -0.1) is 0 Å². The summed E-state index contributed by atoms with van der Waals surface area (Å²) >= 11 is 0. The van der Waals surface area contributed by atoms with Crippen LogP contribution in [-0.2, 0) is 22.4 Å². The van der Waals surface area contributed by atoms with E-state index in [4.69, 9.17) is 0 Å². The van der Waals surface area contributed by atoms with Crippen molar-refractivity contribution in [1.29, 1.82) is 0 Å². The van der Waals surface area contributed by atoms with Crippen LogP contribution in [0.25, 0.3) is 10.8 Å². The molecule has 2 aromatic rings. The predicted molar refractivity (Wildman–Crippen MR) is 70.6 cm³/mol. The van der Waals surface area contributed by atoms with Crippen LogP contribution in [0.2, 0.25) is 0 Å². The van der Waals surface area contributed by atoms with Crippen molar-refractivity contribution in [1.82, 2.24) is 0 Å². The number of fused-ring (bicyclic) bond motifs is 1. The van der Waals surface area contributed by atoms with E-state index in [9.17, 15) is 19.8 Å². The summed E-state index contributed by atoms with van der Waals surface area (Å²) in [5.74, 6) is -2.15. The molecule has 2 aromatic carbocycles. The molecule has 2 rings (SSSR count). The number of carbonyl (C=O) groups excluding carboxylic acids is 2. The Morgan fingerprint density at radius 2 is 1.09 bits per heavy atom. The molecule has 0 N–H and O–H groups in total. The van der Waals surface area contributed by atoms with E-state index in [2.05, 4.69) is 0 Å². The first-order valence-corrected chi connectivity index (χ1v) is 6.47. The van der Waals surface area contributed by atoms with Crippen molar-refractivity contribution in [2.24, 2.45) is 0 Å². The summed E-state index contributed by atoms with van der Waals surface area (Å²) in [6, 6.07) is 11.3. The minimum atomic E-state index is -1.07. The zero-order valence-corrected chi connectivity index (χ0v) is 16.9. The van der Waals surface area contributed by atoms with Crippen molar-refractivity contribution < 1.29 is 78.9 Å². The molecule has 0 unspecified atom stereocenters. The molecule has 22 heavy (non-hydrogen) atoms. The summed E-state index contributed by atoms with van der Waals surface area (Å²) in [6.45, 7) is 0. The van der Waals surface area contributed by atoms with E-state index in [1.807, 2.05) is 36.4 Å². The van der Waals surface area contributed by atoms with Gasteiger partial charge < -0.3 is 19.8 Å². The average molecular weight is 316 g/mol. The van der Waals surface area contributed by atoms with E-state index < -0.39 is 11.9 Å². The molecule has 0 radical (unpaired) electrons. The summed E-state index contributed by atoms with van der Waals surface area (Å²) in [7, 11) is 0. The molecule has 0 aliphatic heterocycles. The van der Waals surface area contributed by atoms with Gasteiger partial charge in [0.05, 0.1) is 0 Å². The fourth-order valence-electron chi connectivity index (χ4n) is 2.33.